The summed E-state index contributed by atoms with van der Waals surface area (Å²) >= 11 is 0. The van der Waals surface area contributed by atoms with Crippen molar-refractivity contribution in [3.05, 3.63) is 35.9 Å². The van der Waals surface area contributed by atoms with Gasteiger partial charge < -0.3 is 9.47 Å². The first kappa shape index (κ1) is 23.1. The number of esters is 1. The van der Waals surface area contributed by atoms with Gasteiger partial charge in [-0.15, -0.1) is 0 Å². The molecule has 1 heterocycles. The number of benzene rings is 1. The SMILES string of the molecule is COC(=O)[C@]1(CC/C=N/[S@@](=O)C(C)(C)C)CCCN1C(=O)OCc1ccccc1. The zero-order chi connectivity index (χ0) is 21.5. The molecule has 1 aliphatic heterocycles. The van der Waals surface area contributed by atoms with Crippen molar-refractivity contribution in [1.82, 2.24) is 4.90 Å². The van der Waals surface area contributed by atoms with Gasteiger partial charge in [0.2, 0.25) is 0 Å². The molecule has 0 bridgehead atoms. The van der Waals surface area contributed by atoms with Gasteiger partial charge >= 0.3 is 12.1 Å². The first-order chi connectivity index (χ1) is 13.7. The van der Waals surface area contributed by atoms with E-state index in [1.54, 1.807) is 6.21 Å². The van der Waals surface area contributed by atoms with Crippen molar-refractivity contribution in [1.29, 1.82) is 0 Å². The highest BCUT2D eigenvalue weighted by Crippen LogP contribution is 2.35. The first-order valence-corrected chi connectivity index (χ1v) is 10.8. The third-order valence-electron chi connectivity index (χ3n) is 4.86. The van der Waals surface area contributed by atoms with Crippen LogP contribution in [0.4, 0.5) is 4.79 Å². The number of ether oxygens (including phenoxy) is 2. The third-order valence-corrected chi connectivity index (χ3v) is 6.25. The van der Waals surface area contributed by atoms with Gasteiger partial charge in [-0.2, -0.15) is 4.40 Å². The Morgan fingerprint density at radius 1 is 1.28 bits per heavy atom. The lowest BCUT2D eigenvalue weighted by molar-refractivity contribution is -0.153. The van der Waals surface area contributed by atoms with E-state index in [1.807, 2.05) is 51.1 Å². The fourth-order valence-corrected chi connectivity index (χ4v) is 3.84. The number of hydrogen-bond acceptors (Lipinski definition) is 5. The second-order valence-corrected chi connectivity index (χ2v) is 9.94. The maximum atomic E-state index is 12.7. The number of nitrogens with zero attached hydrogens (tertiary/aromatic N) is 2. The van der Waals surface area contributed by atoms with Crippen molar-refractivity contribution in [3.63, 3.8) is 0 Å². The Morgan fingerprint density at radius 3 is 2.59 bits per heavy atom. The lowest BCUT2D eigenvalue weighted by atomic mass is 9.90. The number of likely N-dealkylation sites (tertiary alicyclic amines) is 1. The summed E-state index contributed by atoms with van der Waals surface area (Å²) in [5.41, 5.74) is -0.210. The smallest absolute Gasteiger partial charge is 0.411 e. The van der Waals surface area contributed by atoms with E-state index in [4.69, 9.17) is 9.47 Å². The van der Waals surface area contributed by atoms with Crippen LogP contribution in [-0.4, -0.2) is 51.3 Å². The highest BCUT2D eigenvalue weighted by molar-refractivity contribution is 7.85. The maximum Gasteiger partial charge on any atom is 0.411 e. The number of carbonyl (C=O) groups excluding carboxylic acids is 2. The molecule has 0 spiro atoms. The summed E-state index contributed by atoms with van der Waals surface area (Å²) in [5, 5.41) is 0. The predicted octanol–water partition coefficient (Wildman–Crippen LogP) is 3.64. The van der Waals surface area contributed by atoms with Crippen molar-refractivity contribution in [2.45, 2.75) is 63.3 Å². The molecule has 2 atom stereocenters. The molecule has 29 heavy (non-hydrogen) atoms. The molecule has 0 aromatic heterocycles. The Morgan fingerprint density at radius 2 is 1.97 bits per heavy atom. The number of hydrogen-bond donors (Lipinski definition) is 0. The summed E-state index contributed by atoms with van der Waals surface area (Å²) in [6.07, 6.45) is 2.95. The third kappa shape index (κ3) is 5.88. The average molecular weight is 423 g/mol. The molecule has 0 aliphatic carbocycles. The van der Waals surface area contributed by atoms with E-state index in [0.29, 0.717) is 32.2 Å². The van der Waals surface area contributed by atoms with Crippen LogP contribution < -0.4 is 0 Å². The highest BCUT2D eigenvalue weighted by Gasteiger charge is 2.50. The van der Waals surface area contributed by atoms with Crippen LogP contribution in [0.15, 0.2) is 34.7 Å². The van der Waals surface area contributed by atoms with Crippen molar-refractivity contribution >= 4 is 29.3 Å². The molecular weight excluding hydrogens is 392 g/mol. The van der Waals surface area contributed by atoms with Crippen LogP contribution in [0.1, 0.15) is 52.0 Å². The number of methoxy groups -OCH3 is 1. The predicted molar refractivity (Wildman–Crippen MR) is 113 cm³/mol. The lowest BCUT2D eigenvalue weighted by Gasteiger charge is -2.34. The van der Waals surface area contributed by atoms with Gasteiger partial charge in [-0.3, -0.25) is 4.90 Å². The van der Waals surface area contributed by atoms with Gasteiger partial charge in [-0.1, -0.05) is 30.3 Å². The zero-order valence-corrected chi connectivity index (χ0v) is 18.4. The average Bonchev–Trinajstić information content (AvgIpc) is 3.13. The van der Waals surface area contributed by atoms with Crippen LogP contribution >= 0.6 is 0 Å². The lowest BCUT2D eigenvalue weighted by Crippen LogP contribution is -2.53. The molecule has 2 rings (SSSR count). The quantitative estimate of drug-likeness (QED) is 0.495. The Kier molecular flexibility index (Phi) is 7.96. The molecule has 0 unspecified atom stereocenters. The monoisotopic (exact) mass is 422 g/mol. The van der Waals surface area contributed by atoms with E-state index in [0.717, 1.165) is 5.56 Å². The topological polar surface area (TPSA) is 85.3 Å². The second-order valence-electron chi connectivity index (χ2n) is 8.01. The number of rotatable bonds is 7. The molecule has 1 aliphatic rings. The fourth-order valence-electron chi connectivity index (χ4n) is 3.29. The van der Waals surface area contributed by atoms with Crippen molar-refractivity contribution < 1.29 is 23.3 Å². The summed E-state index contributed by atoms with van der Waals surface area (Å²) in [7, 11) is -0.0420. The Hall–Kier alpha value is -2.22. The van der Waals surface area contributed by atoms with Crippen molar-refractivity contribution in [2.75, 3.05) is 13.7 Å². The first-order valence-electron chi connectivity index (χ1n) is 9.72. The normalized spacial score (nSPS) is 20.6. The fraction of sp³-hybridized carbons (Fsp3) is 0.571. The van der Waals surface area contributed by atoms with E-state index in [2.05, 4.69) is 4.40 Å². The molecule has 1 aromatic rings. The molecule has 1 fully saturated rings. The van der Waals surface area contributed by atoms with Crippen LogP contribution in [0.3, 0.4) is 0 Å². The molecule has 0 radical (unpaired) electrons. The largest absolute Gasteiger partial charge is 0.467 e. The molecule has 1 aromatic carbocycles. The zero-order valence-electron chi connectivity index (χ0n) is 17.6. The van der Waals surface area contributed by atoms with Crippen LogP contribution in [-0.2, 0) is 31.9 Å². The molecule has 1 saturated heterocycles. The Labute approximate surface area is 175 Å². The number of carbonyl (C=O) groups is 2. The molecule has 1 amide bonds. The van der Waals surface area contributed by atoms with Crippen LogP contribution in [0.5, 0.6) is 0 Å². The van der Waals surface area contributed by atoms with Gasteiger partial charge in [0.25, 0.3) is 0 Å². The summed E-state index contributed by atoms with van der Waals surface area (Å²) in [6, 6.07) is 9.38. The summed E-state index contributed by atoms with van der Waals surface area (Å²) in [5.74, 6) is -0.461. The van der Waals surface area contributed by atoms with Crippen LogP contribution in [0, 0.1) is 0 Å². The molecule has 8 heteroatoms. The van der Waals surface area contributed by atoms with Crippen LogP contribution in [0.25, 0.3) is 0 Å². The number of amides is 1. The minimum atomic E-state index is -1.36. The van der Waals surface area contributed by atoms with Crippen LogP contribution in [0.2, 0.25) is 0 Å². The van der Waals surface area contributed by atoms with E-state index < -0.39 is 33.3 Å². The van der Waals surface area contributed by atoms with Gasteiger partial charge in [0.15, 0.2) is 0 Å². The summed E-state index contributed by atoms with van der Waals surface area (Å²) < 4.78 is 26.2. The molecule has 7 nitrogen and oxygen atoms in total. The van der Waals surface area contributed by atoms with Gasteiger partial charge in [-0.25, -0.2) is 13.8 Å². The molecular formula is C21H30N2O5S. The van der Waals surface area contributed by atoms with Gasteiger partial charge in [0.1, 0.15) is 23.1 Å². The van der Waals surface area contributed by atoms with Crippen molar-refractivity contribution in [3.8, 4) is 0 Å². The minimum Gasteiger partial charge on any atom is -0.467 e. The van der Waals surface area contributed by atoms with E-state index in [9.17, 15) is 13.8 Å². The van der Waals surface area contributed by atoms with E-state index >= 15 is 0 Å². The molecule has 0 saturated carbocycles. The highest BCUT2D eigenvalue weighted by atomic mass is 32.2. The van der Waals surface area contributed by atoms with Gasteiger partial charge in [0.05, 0.1) is 11.9 Å². The maximum absolute atomic E-state index is 12.7. The van der Waals surface area contributed by atoms with Gasteiger partial charge in [0, 0.05) is 12.8 Å². The Balaban J connectivity index is 2.07. The van der Waals surface area contributed by atoms with Gasteiger partial charge in [-0.05, 0) is 52.0 Å². The molecule has 160 valence electrons. The summed E-state index contributed by atoms with van der Waals surface area (Å²) in [4.78, 5) is 26.8. The van der Waals surface area contributed by atoms with E-state index in [1.165, 1.54) is 12.0 Å². The van der Waals surface area contributed by atoms with Crippen molar-refractivity contribution in [2.24, 2.45) is 4.40 Å². The molecule has 0 N–H and O–H groups in total. The minimum absolute atomic E-state index is 0.138. The Bertz CT molecular complexity index is 760. The summed E-state index contributed by atoms with van der Waals surface area (Å²) in [6.45, 7) is 6.10. The second kappa shape index (κ2) is 10.0. The standard InChI is InChI=1S/C21H30N2O5S/c1-20(2,3)29(26)22-14-8-12-21(18(24)27-4)13-9-15-23(21)19(25)28-16-17-10-6-5-7-11-17/h5-7,10-11,14H,8-9,12-13,15-16H2,1-4H3/b22-14+/t21-,29-/m0/s1. The van der Waals surface area contributed by atoms with E-state index in [-0.39, 0.29) is 6.61 Å².